The average Bonchev–Trinajstić information content (AvgIpc) is 3.16. The summed E-state index contributed by atoms with van der Waals surface area (Å²) in [6, 6.07) is 15.8. The Morgan fingerprint density at radius 3 is 2.52 bits per heavy atom. The summed E-state index contributed by atoms with van der Waals surface area (Å²) in [7, 11) is 0. The summed E-state index contributed by atoms with van der Waals surface area (Å²) in [5.41, 5.74) is 1.20. The number of nitrogens with one attached hydrogen (secondary N) is 2. The van der Waals surface area contributed by atoms with Crippen LogP contribution in [0.5, 0.6) is 5.75 Å². The fourth-order valence-electron chi connectivity index (χ4n) is 2.27. The lowest BCUT2D eigenvalue weighted by Gasteiger charge is -2.06. The van der Waals surface area contributed by atoms with Crippen molar-refractivity contribution in [1.29, 1.82) is 0 Å². The third kappa shape index (κ3) is 4.91. The molecule has 0 spiro atoms. The molecule has 2 N–H and O–H groups in total. The van der Waals surface area contributed by atoms with Gasteiger partial charge in [-0.25, -0.2) is 0 Å². The number of aromatic nitrogens is 2. The highest BCUT2D eigenvalue weighted by Crippen LogP contribution is 2.16. The van der Waals surface area contributed by atoms with E-state index in [0.29, 0.717) is 23.7 Å². The Bertz CT molecular complexity index is 907. The van der Waals surface area contributed by atoms with Crippen molar-refractivity contribution >= 4 is 17.8 Å². The van der Waals surface area contributed by atoms with Crippen LogP contribution in [0.25, 0.3) is 11.4 Å². The van der Waals surface area contributed by atoms with Crippen LogP contribution in [0.15, 0.2) is 59.1 Å². The predicted octanol–water partition coefficient (Wildman–Crippen LogP) is 2.50. The molecule has 27 heavy (non-hydrogen) atoms. The van der Waals surface area contributed by atoms with Gasteiger partial charge in [0.25, 0.3) is 5.91 Å². The zero-order valence-corrected chi connectivity index (χ0v) is 14.6. The van der Waals surface area contributed by atoms with Crippen molar-refractivity contribution in [3.8, 4) is 17.1 Å². The molecule has 0 radical (unpaired) electrons. The molecule has 0 saturated carbocycles. The van der Waals surface area contributed by atoms with Crippen molar-refractivity contribution in [1.82, 2.24) is 15.5 Å². The minimum Gasteiger partial charge on any atom is -0.494 e. The molecule has 0 aliphatic heterocycles. The number of carbonyl (C=O) groups excluding carboxylic acids is 2. The molecule has 138 valence electrons. The normalized spacial score (nSPS) is 10.3. The van der Waals surface area contributed by atoms with E-state index in [-0.39, 0.29) is 18.5 Å². The van der Waals surface area contributed by atoms with Crippen LogP contribution in [0.4, 0.5) is 6.01 Å². The molecule has 0 aliphatic rings. The van der Waals surface area contributed by atoms with Gasteiger partial charge in [-0.3, -0.25) is 14.9 Å². The Morgan fingerprint density at radius 1 is 1.07 bits per heavy atom. The Morgan fingerprint density at radius 2 is 1.81 bits per heavy atom. The van der Waals surface area contributed by atoms with Crippen molar-refractivity contribution in [2.75, 3.05) is 18.5 Å². The van der Waals surface area contributed by atoms with Gasteiger partial charge in [0.05, 0.1) is 13.2 Å². The smallest absolute Gasteiger partial charge is 0.328 e. The topological polar surface area (TPSA) is 106 Å². The minimum atomic E-state index is -0.474. The molecule has 0 atom stereocenters. The second kappa shape index (κ2) is 8.61. The van der Waals surface area contributed by atoms with Gasteiger partial charge in [0.1, 0.15) is 5.75 Å². The van der Waals surface area contributed by atoms with E-state index in [2.05, 4.69) is 20.8 Å². The largest absolute Gasteiger partial charge is 0.494 e. The molecular weight excluding hydrogens is 348 g/mol. The summed E-state index contributed by atoms with van der Waals surface area (Å²) in [5.74, 6) is 0.197. The van der Waals surface area contributed by atoms with Crippen molar-refractivity contribution in [3.05, 3.63) is 60.2 Å². The lowest BCUT2D eigenvalue weighted by molar-refractivity contribution is -0.115. The van der Waals surface area contributed by atoms with Crippen molar-refractivity contribution < 1.29 is 18.8 Å². The lowest BCUT2D eigenvalue weighted by atomic mass is 10.2. The molecule has 1 heterocycles. The molecule has 3 rings (SSSR count). The monoisotopic (exact) mass is 366 g/mol. The summed E-state index contributed by atoms with van der Waals surface area (Å²) in [4.78, 5) is 28.1. The van der Waals surface area contributed by atoms with Gasteiger partial charge in [0.2, 0.25) is 11.7 Å². The van der Waals surface area contributed by atoms with Crippen LogP contribution in [0.3, 0.4) is 0 Å². The van der Waals surface area contributed by atoms with Gasteiger partial charge in [-0.1, -0.05) is 35.5 Å². The first-order chi connectivity index (χ1) is 13.2. The second-order valence-corrected chi connectivity index (χ2v) is 5.48. The number of carbonyl (C=O) groups is 2. The van der Waals surface area contributed by atoms with Crippen LogP contribution in [0, 0.1) is 0 Å². The first-order valence-electron chi connectivity index (χ1n) is 8.35. The Hall–Kier alpha value is -3.68. The molecule has 0 fully saturated rings. The minimum absolute atomic E-state index is 0.0332. The van der Waals surface area contributed by atoms with Crippen LogP contribution in [-0.2, 0) is 4.79 Å². The Labute approximate surface area is 155 Å². The number of hydrogen-bond donors (Lipinski definition) is 2. The molecule has 8 nitrogen and oxygen atoms in total. The maximum absolute atomic E-state index is 12.1. The van der Waals surface area contributed by atoms with E-state index in [1.54, 1.807) is 24.3 Å². The Kier molecular flexibility index (Phi) is 5.78. The molecule has 0 unspecified atom stereocenters. The van der Waals surface area contributed by atoms with Crippen LogP contribution in [-0.4, -0.2) is 35.1 Å². The molecule has 8 heteroatoms. The molecule has 1 aromatic heterocycles. The predicted molar refractivity (Wildman–Crippen MR) is 98.3 cm³/mol. The zero-order chi connectivity index (χ0) is 19.1. The van der Waals surface area contributed by atoms with E-state index >= 15 is 0 Å². The van der Waals surface area contributed by atoms with E-state index in [0.717, 1.165) is 5.56 Å². The number of benzene rings is 2. The SMILES string of the molecule is CCOc1ccc(C(=O)NCC(=O)Nc2nc(-c3ccccc3)no2)cc1. The van der Waals surface area contributed by atoms with Crippen molar-refractivity contribution in [2.45, 2.75) is 6.92 Å². The number of nitrogens with zero attached hydrogens (tertiary/aromatic N) is 2. The van der Waals surface area contributed by atoms with Crippen LogP contribution >= 0.6 is 0 Å². The number of rotatable bonds is 7. The number of amides is 2. The second-order valence-electron chi connectivity index (χ2n) is 5.48. The third-order valence-electron chi connectivity index (χ3n) is 3.54. The lowest BCUT2D eigenvalue weighted by Crippen LogP contribution is -2.32. The quantitative estimate of drug-likeness (QED) is 0.665. The van der Waals surface area contributed by atoms with Gasteiger partial charge in [-0.2, -0.15) is 4.98 Å². The first kappa shape index (κ1) is 18.1. The van der Waals surface area contributed by atoms with E-state index < -0.39 is 5.91 Å². The van der Waals surface area contributed by atoms with Crippen LogP contribution in [0.1, 0.15) is 17.3 Å². The summed E-state index contributed by atoms with van der Waals surface area (Å²) in [5, 5.41) is 8.78. The fraction of sp³-hybridized carbons (Fsp3) is 0.158. The summed E-state index contributed by atoms with van der Waals surface area (Å²) >= 11 is 0. The molecule has 2 aromatic carbocycles. The molecule has 2 amide bonds. The maximum Gasteiger partial charge on any atom is 0.328 e. The van der Waals surface area contributed by atoms with E-state index in [4.69, 9.17) is 9.26 Å². The van der Waals surface area contributed by atoms with Gasteiger partial charge >= 0.3 is 6.01 Å². The van der Waals surface area contributed by atoms with Crippen LogP contribution < -0.4 is 15.4 Å². The van der Waals surface area contributed by atoms with E-state index in [1.165, 1.54) is 0 Å². The number of hydrogen-bond acceptors (Lipinski definition) is 6. The summed E-state index contributed by atoms with van der Waals surface area (Å²) < 4.78 is 10.3. The fourth-order valence-corrected chi connectivity index (χ4v) is 2.27. The Balaban J connectivity index is 1.51. The van der Waals surface area contributed by atoms with Crippen LogP contribution in [0.2, 0.25) is 0 Å². The van der Waals surface area contributed by atoms with Crippen molar-refractivity contribution in [2.24, 2.45) is 0 Å². The number of anilines is 1. The van der Waals surface area contributed by atoms with Crippen molar-refractivity contribution in [3.63, 3.8) is 0 Å². The van der Waals surface area contributed by atoms with E-state index in [1.807, 2.05) is 37.3 Å². The highest BCUT2D eigenvalue weighted by Gasteiger charge is 2.13. The average molecular weight is 366 g/mol. The van der Waals surface area contributed by atoms with Gasteiger partial charge in [-0.05, 0) is 31.2 Å². The molecule has 0 bridgehead atoms. The van der Waals surface area contributed by atoms with Gasteiger partial charge < -0.3 is 14.6 Å². The van der Waals surface area contributed by atoms with Gasteiger partial charge in [0, 0.05) is 11.1 Å². The van der Waals surface area contributed by atoms with E-state index in [9.17, 15) is 9.59 Å². The highest BCUT2D eigenvalue weighted by atomic mass is 16.5. The molecule has 3 aromatic rings. The molecule has 0 saturated heterocycles. The highest BCUT2D eigenvalue weighted by molar-refractivity contribution is 5.98. The molecular formula is C19H18N4O4. The maximum atomic E-state index is 12.1. The zero-order valence-electron chi connectivity index (χ0n) is 14.6. The van der Waals surface area contributed by atoms with Gasteiger partial charge in [0.15, 0.2) is 0 Å². The first-order valence-corrected chi connectivity index (χ1v) is 8.35. The standard InChI is InChI=1S/C19H18N4O4/c1-2-26-15-10-8-14(9-11-15)18(25)20-12-16(24)21-19-22-17(23-27-19)13-6-4-3-5-7-13/h3-11H,2,12H2,1H3,(H,20,25)(H,21,22,23,24). The summed E-state index contributed by atoms with van der Waals surface area (Å²) in [6.07, 6.45) is 0. The number of ether oxygens (including phenoxy) is 1. The summed E-state index contributed by atoms with van der Waals surface area (Å²) in [6.45, 7) is 2.20. The molecule has 0 aliphatic carbocycles. The third-order valence-corrected chi connectivity index (χ3v) is 3.54. The van der Waals surface area contributed by atoms with Gasteiger partial charge in [-0.15, -0.1) is 0 Å².